The summed E-state index contributed by atoms with van der Waals surface area (Å²) in [5.74, 6) is 1.26. The molecule has 1 rings (SSSR count). The maximum atomic E-state index is 11.9. The van der Waals surface area contributed by atoms with E-state index in [0.29, 0.717) is 6.42 Å². The summed E-state index contributed by atoms with van der Waals surface area (Å²) in [6.45, 7) is 7.05. The van der Waals surface area contributed by atoms with Gasteiger partial charge in [-0.15, -0.1) is 0 Å². The van der Waals surface area contributed by atoms with E-state index in [1.54, 1.807) is 0 Å². The molecule has 0 spiro atoms. The van der Waals surface area contributed by atoms with Crippen LogP contribution in [0.25, 0.3) is 0 Å². The molecule has 0 bridgehead atoms. The van der Waals surface area contributed by atoms with E-state index in [9.17, 15) is 4.79 Å². The lowest BCUT2D eigenvalue weighted by molar-refractivity contribution is -0.122. The minimum absolute atomic E-state index is 0.173. The zero-order valence-corrected chi connectivity index (χ0v) is 10.4. The molecular formula is C12H21N3O. The topological polar surface area (TPSA) is 47.8 Å². The Kier molecular flexibility index (Phi) is 5.15. The molecule has 90 valence electrons. The lowest BCUT2D eigenvalue weighted by Crippen LogP contribution is -2.18. The average molecular weight is 223 g/mol. The van der Waals surface area contributed by atoms with E-state index in [4.69, 9.17) is 0 Å². The van der Waals surface area contributed by atoms with Crippen LogP contribution in [0.1, 0.15) is 45.9 Å². The third-order valence-electron chi connectivity index (χ3n) is 2.90. The van der Waals surface area contributed by atoms with E-state index in [1.165, 1.54) is 6.33 Å². The Hall–Kier alpha value is -1.19. The van der Waals surface area contributed by atoms with E-state index >= 15 is 0 Å². The zero-order chi connectivity index (χ0) is 12.0. The van der Waals surface area contributed by atoms with E-state index in [-0.39, 0.29) is 11.7 Å². The van der Waals surface area contributed by atoms with Gasteiger partial charge in [-0.1, -0.05) is 20.8 Å². The molecule has 0 aliphatic carbocycles. The van der Waals surface area contributed by atoms with Crippen molar-refractivity contribution in [3.63, 3.8) is 0 Å². The van der Waals surface area contributed by atoms with Gasteiger partial charge in [0.05, 0.1) is 6.42 Å². The molecule has 0 aromatic carbocycles. The molecule has 0 radical (unpaired) electrons. The molecule has 0 unspecified atom stereocenters. The van der Waals surface area contributed by atoms with Gasteiger partial charge in [0.25, 0.3) is 0 Å². The number of hydrogen-bond donors (Lipinski definition) is 0. The number of hydrogen-bond acceptors (Lipinski definition) is 3. The zero-order valence-electron chi connectivity index (χ0n) is 10.4. The van der Waals surface area contributed by atoms with Crippen LogP contribution in [0.2, 0.25) is 0 Å². The molecular weight excluding hydrogens is 202 g/mol. The maximum absolute atomic E-state index is 11.9. The molecule has 0 amide bonds. The Labute approximate surface area is 97.1 Å². The molecule has 0 aliphatic heterocycles. The second-order valence-corrected chi connectivity index (χ2v) is 4.06. The van der Waals surface area contributed by atoms with Crippen LogP contribution < -0.4 is 0 Å². The van der Waals surface area contributed by atoms with Crippen molar-refractivity contribution in [1.82, 2.24) is 14.8 Å². The van der Waals surface area contributed by atoms with Crippen LogP contribution in [0.4, 0.5) is 0 Å². The van der Waals surface area contributed by atoms with Gasteiger partial charge in [-0.05, 0) is 19.3 Å². The summed E-state index contributed by atoms with van der Waals surface area (Å²) in [5.41, 5.74) is 0. The minimum Gasteiger partial charge on any atom is -0.299 e. The highest BCUT2D eigenvalue weighted by Gasteiger charge is 2.17. The van der Waals surface area contributed by atoms with E-state index in [0.717, 1.165) is 31.6 Å². The molecule has 16 heavy (non-hydrogen) atoms. The smallest absolute Gasteiger partial charge is 0.143 e. The first-order valence-corrected chi connectivity index (χ1v) is 6.12. The normalized spacial score (nSPS) is 11.0. The Balaban J connectivity index is 2.64. The second kappa shape index (κ2) is 6.40. The standard InChI is InChI=1S/C12H21N3O/c1-4-7-15-12(13-9-14-15)8-11(16)10(5-2)6-3/h9-10H,4-8H2,1-3H3. The van der Waals surface area contributed by atoms with Crippen molar-refractivity contribution in [2.75, 3.05) is 0 Å². The van der Waals surface area contributed by atoms with Crippen LogP contribution in [0, 0.1) is 5.92 Å². The minimum atomic E-state index is 0.173. The molecule has 0 atom stereocenters. The first-order valence-electron chi connectivity index (χ1n) is 6.12. The van der Waals surface area contributed by atoms with E-state index < -0.39 is 0 Å². The summed E-state index contributed by atoms with van der Waals surface area (Å²) >= 11 is 0. The Morgan fingerprint density at radius 2 is 2.06 bits per heavy atom. The lowest BCUT2D eigenvalue weighted by atomic mass is 9.96. The van der Waals surface area contributed by atoms with Crippen LogP contribution in [0.5, 0.6) is 0 Å². The van der Waals surface area contributed by atoms with Crippen molar-refractivity contribution in [2.24, 2.45) is 5.92 Å². The molecule has 0 saturated carbocycles. The van der Waals surface area contributed by atoms with Gasteiger partial charge in [0.15, 0.2) is 0 Å². The van der Waals surface area contributed by atoms with Gasteiger partial charge in [0.1, 0.15) is 17.9 Å². The summed E-state index contributed by atoms with van der Waals surface area (Å²) in [6, 6.07) is 0. The van der Waals surface area contributed by atoms with Crippen molar-refractivity contribution in [3.8, 4) is 0 Å². The number of carbonyl (C=O) groups excluding carboxylic acids is 1. The van der Waals surface area contributed by atoms with Crippen molar-refractivity contribution >= 4 is 5.78 Å². The van der Waals surface area contributed by atoms with Crippen LogP contribution >= 0.6 is 0 Å². The number of rotatable bonds is 7. The third-order valence-corrected chi connectivity index (χ3v) is 2.90. The van der Waals surface area contributed by atoms with Crippen molar-refractivity contribution < 1.29 is 4.79 Å². The largest absolute Gasteiger partial charge is 0.299 e. The number of Topliss-reactive ketones (excluding diaryl/α,β-unsaturated/α-hetero) is 1. The van der Waals surface area contributed by atoms with Gasteiger partial charge in [0, 0.05) is 12.5 Å². The van der Waals surface area contributed by atoms with Crippen LogP contribution in [0.3, 0.4) is 0 Å². The molecule has 4 nitrogen and oxygen atoms in total. The summed E-state index contributed by atoms with van der Waals surface area (Å²) in [5, 5.41) is 4.12. The lowest BCUT2D eigenvalue weighted by Gasteiger charge is -2.10. The first kappa shape index (κ1) is 12.9. The Morgan fingerprint density at radius 3 is 2.62 bits per heavy atom. The van der Waals surface area contributed by atoms with Gasteiger partial charge in [-0.2, -0.15) is 5.10 Å². The predicted octanol–water partition coefficient (Wildman–Crippen LogP) is 2.24. The molecule has 1 heterocycles. The van der Waals surface area contributed by atoms with Gasteiger partial charge in [0.2, 0.25) is 0 Å². The third kappa shape index (κ3) is 3.15. The summed E-state index contributed by atoms with van der Waals surface area (Å²) in [4.78, 5) is 16.1. The fourth-order valence-corrected chi connectivity index (χ4v) is 1.87. The highest BCUT2D eigenvalue weighted by molar-refractivity contribution is 5.82. The molecule has 0 fully saturated rings. The number of carbonyl (C=O) groups is 1. The van der Waals surface area contributed by atoms with Crippen molar-refractivity contribution in [3.05, 3.63) is 12.2 Å². The summed E-state index contributed by atoms with van der Waals surface area (Å²) in [7, 11) is 0. The highest BCUT2D eigenvalue weighted by Crippen LogP contribution is 2.12. The number of nitrogens with zero attached hydrogens (tertiary/aromatic N) is 3. The highest BCUT2D eigenvalue weighted by atomic mass is 16.1. The van der Waals surface area contributed by atoms with Gasteiger partial charge in [-0.3, -0.25) is 4.79 Å². The van der Waals surface area contributed by atoms with Crippen molar-refractivity contribution in [2.45, 2.75) is 53.0 Å². The van der Waals surface area contributed by atoms with Crippen LogP contribution in [-0.4, -0.2) is 20.5 Å². The molecule has 0 N–H and O–H groups in total. The Bertz CT molecular complexity index is 329. The monoisotopic (exact) mass is 223 g/mol. The molecule has 1 aromatic heterocycles. The molecule has 0 saturated heterocycles. The van der Waals surface area contributed by atoms with Crippen molar-refractivity contribution in [1.29, 1.82) is 0 Å². The van der Waals surface area contributed by atoms with Crippen LogP contribution in [0.15, 0.2) is 6.33 Å². The first-order chi connectivity index (χ1) is 7.72. The number of ketones is 1. The summed E-state index contributed by atoms with van der Waals surface area (Å²) in [6.07, 6.45) is 4.79. The fourth-order valence-electron chi connectivity index (χ4n) is 1.87. The average Bonchev–Trinajstić information content (AvgIpc) is 2.68. The maximum Gasteiger partial charge on any atom is 0.143 e. The molecule has 4 heteroatoms. The number of aromatic nitrogens is 3. The van der Waals surface area contributed by atoms with Gasteiger partial charge in [-0.25, -0.2) is 9.67 Å². The quantitative estimate of drug-likeness (QED) is 0.712. The molecule has 1 aromatic rings. The van der Waals surface area contributed by atoms with E-state index in [1.807, 2.05) is 4.68 Å². The predicted molar refractivity (Wildman–Crippen MR) is 63.1 cm³/mol. The van der Waals surface area contributed by atoms with Gasteiger partial charge >= 0.3 is 0 Å². The second-order valence-electron chi connectivity index (χ2n) is 4.06. The SMILES string of the molecule is CCCn1ncnc1CC(=O)C(CC)CC. The van der Waals surface area contributed by atoms with Crippen LogP contribution in [-0.2, 0) is 17.8 Å². The molecule has 0 aliphatic rings. The fraction of sp³-hybridized carbons (Fsp3) is 0.750. The van der Waals surface area contributed by atoms with E-state index in [2.05, 4.69) is 30.9 Å². The summed E-state index contributed by atoms with van der Waals surface area (Å²) < 4.78 is 1.83. The Morgan fingerprint density at radius 1 is 1.38 bits per heavy atom. The number of aryl methyl sites for hydroxylation is 1. The van der Waals surface area contributed by atoms with Gasteiger partial charge < -0.3 is 0 Å².